The molecule has 0 bridgehead atoms. The summed E-state index contributed by atoms with van der Waals surface area (Å²) < 4.78 is 5.88. The number of ether oxygens (including phenoxy) is 1. The Bertz CT molecular complexity index is 864. The molecule has 0 amide bonds. The zero-order valence-corrected chi connectivity index (χ0v) is 15.5. The predicted octanol–water partition coefficient (Wildman–Crippen LogP) is 5.13. The molecule has 0 atom stereocenters. The maximum atomic E-state index is 5.88. The van der Waals surface area contributed by atoms with Crippen LogP contribution in [0, 0.1) is 13.8 Å². The van der Waals surface area contributed by atoms with Crippen molar-refractivity contribution in [2.75, 3.05) is 13.2 Å². The normalized spacial score (nSPS) is 11.2. The van der Waals surface area contributed by atoms with Crippen LogP contribution in [0.2, 0.25) is 0 Å². The number of rotatable bonds is 7. The van der Waals surface area contributed by atoms with E-state index in [2.05, 4.69) is 43.1 Å². The molecule has 0 radical (unpaired) electrons. The molecule has 3 rings (SSSR count). The molecule has 0 aliphatic heterocycles. The quantitative estimate of drug-likeness (QED) is 0.588. The van der Waals surface area contributed by atoms with E-state index in [1.807, 2.05) is 19.1 Å². The van der Waals surface area contributed by atoms with E-state index < -0.39 is 0 Å². The Kier molecular flexibility index (Phi) is 5.44. The molecular weight excluding hydrogens is 308 g/mol. The molecule has 3 N–H and O–H groups in total. The van der Waals surface area contributed by atoms with E-state index in [4.69, 9.17) is 10.5 Å². The Hall–Kier alpha value is -2.26. The van der Waals surface area contributed by atoms with Crippen molar-refractivity contribution in [1.29, 1.82) is 0 Å². The highest BCUT2D eigenvalue weighted by Crippen LogP contribution is 2.37. The molecular formula is C22H28N2O. The summed E-state index contributed by atoms with van der Waals surface area (Å²) >= 11 is 0. The lowest BCUT2D eigenvalue weighted by Gasteiger charge is -2.11. The Balaban J connectivity index is 2.20. The summed E-state index contributed by atoms with van der Waals surface area (Å²) in [5.74, 6) is 0.936. The molecule has 3 nitrogen and oxygen atoms in total. The topological polar surface area (TPSA) is 51.0 Å². The predicted molar refractivity (Wildman–Crippen MR) is 106 cm³/mol. The van der Waals surface area contributed by atoms with Crippen LogP contribution < -0.4 is 10.5 Å². The van der Waals surface area contributed by atoms with Crippen molar-refractivity contribution in [2.45, 2.75) is 40.0 Å². The lowest BCUT2D eigenvalue weighted by molar-refractivity contribution is 0.341. The molecule has 2 aromatic carbocycles. The van der Waals surface area contributed by atoms with Gasteiger partial charge < -0.3 is 15.5 Å². The summed E-state index contributed by atoms with van der Waals surface area (Å²) in [6.07, 6.45) is 3.17. The van der Waals surface area contributed by atoms with E-state index in [0.29, 0.717) is 6.61 Å². The molecule has 0 saturated heterocycles. The third kappa shape index (κ3) is 3.57. The van der Waals surface area contributed by atoms with Crippen LogP contribution in [0.4, 0.5) is 0 Å². The van der Waals surface area contributed by atoms with Crippen LogP contribution >= 0.6 is 0 Å². The van der Waals surface area contributed by atoms with Crippen LogP contribution in [-0.2, 0) is 6.42 Å². The van der Waals surface area contributed by atoms with Gasteiger partial charge in [0.25, 0.3) is 0 Å². The SMILES string of the molecule is CCOc1ccccc1-c1[nH]c2c(C)cc(C)cc2c1CCCCN. The third-order valence-corrected chi connectivity index (χ3v) is 4.69. The Morgan fingerprint density at radius 3 is 2.64 bits per heavy atom. The molecule has 1 heterocycles. The molecule has 0 spiro atoms. The van der Waals surface area contributed by atoms with Crippen LogP contribution in [0.15, 0.2) is 36.4 Å². The van der Waals surface area contributed by atoms with Crippen LogP contribution in [0.5, 0.6) is 5.75 Å². The number of fused-ring (bicyclic) bond motifs is 1. The highest BCUT2D eigenvalue weighted by molar-refractivity contribution is 5.94. The first-order valence-electron chi connectivity index (χ1n) is 9.19. The summed E-state index contributed by atoms with van der Waals surface area (Å²) in [4.78, 5) is 3.69. The third-order valence-electron chi connectivity index (χ3n) is 4.69. The van der Waals surface area contributed by atoms with Crippen molar-refractivity contribution in [3.63, 3.8) is 0 Å². The van der Waals surface area contributed by atoms with Gasteiger partial charge in [-0.3, -0.25) is 0 Å². The molecule has 0 aliphatic carbocycles. The van der Waals surface area contributed by atoms with Gasteiger partial charge in [0, 0.05) is 16.5 Å². The van der Waals surface area contributed by atoms with E-state index in [-0.39, 0.29) is 0 Å². The summed E-state index contributed by atoms with van der Waals surface area (Å²) in [5.41, 5.74) is 13.2. The number of aromatic nitrogens is 1. The van der Waals surface area contributed by atoms with E-state index in [1.165, 1.54) is 33.3 Å². The van der Waals surface area contributed by atoms with Crippen molar-refractivity contribution in [2.24, 2.45) is 5.73 Å². The maximum absolute atomic E-state index is 5.88. The van der Waals surface area contributed by atoms with Gasteiger partial charge in [0.15, 0.2) is 0 Å². The molecule has 0 aliphatic rings. The molecule has 3 heteroatoms. The zero-order chi connectivity index (χ0) is 17.8. The number of para-hydroxylation sites is 1. The minimum Gasteiger partial charge on any atom is -0.493 e. The van der Waals surface area contributed by atoms with Crippen LogP contribution in [0.3, 0.4) is 0 Å². The van der Waals surface area contributed by atoms with E-state index in [9.17, 15) is 0 Å². The standard InChI is InChI=1S/C22H28N2O/c1-4-25-20-11-6-5-10-18(20)22-17(9-7-8-12-23)19-14-15(2)13-16(3)21(19)24-22/h5-6,10-11,13-14,24H,4,7-9,12,23H2,1-3H3. The Labute approximate surface area is 150 Å². The second-order valence-electron chi connectivity index (χ2n) is 6.66. The highest BCUT2D eigenvalue weighted by atomic mass is 16.5. The second kappa shape index (κ2) is 7.75. The van der Waals surface area contributed by atoms with Gasteiger partial charge >= 0.3 is 0 Å². The number of hydrogen-bond acceptors (Lipinski definition) is 2. The molecule has 0 unspecified atom stereocenters. The van der Waals surface area contributed by atoms with E-state index in [0.717, 1.165) is 37.1 Å². The fraction of sp³-hybridized carbons (Fsp3) is 0.364. The number of aryl methyl sites for hydroxylation is 3. The number of benzene rings is 2. The summed E-state index contributed by atoms with van der Waals surface area (Å²) in [5, 5.41) is 1.33. The average molecular weight is 336 g/mol. The smallest absolute Gasteiger partial charge is 0.128 e. The lowest BCUT2D eigenvalue weighted by Crippen LogP contribution is -2.00. The second-order valence-corrected chi connectivity index (χ2v) is 6.66. The van der Waals surface area contributed by atoms with Crippen LogP contribution in [-0.4, -0.2) is 18.1 Å². The van der Waals surface area contributed by atoms with Gasteiger partial charge in [0.05, 0.1) is 12.3 Å². The molecule has 1 aromatic heterocycles. The van der Waals surface area contributed by atoms with Gasteiger partial charge in [0.2, 0.25) is 0 Å². The number of nitrogens with two attached hydrogens (primary N) is 1. The van der Waals surface area contributed by atoms with Gasteiger partial charge in [-0.1, -0.05) is 23.8 Å². The van der Waals surface area contributed by atoms with E-state index >= 15 is 0 Å². The van der Waals surface area contributed by atoms with Gasteiger partial charge in [-0.2, -0.15) is 0 Å². The van der Waals surface area contributed by atoms with Crippen LogP contribution in [0.1, 0.15) is 36.5 Å². The van der Waals surface area contributed by atoms with Crippen molar-refractivity contribution >= 4 is 10.9 Å². The van der Waals surface area contributed by atoms with Crippen molar-refractivity contribution in [3.8, 4) is 17.0 Å². The largest absolute Gasteiger partial charge is 0.493 e. The molecule has 132 valence electrons. The average Bonchev–Trinajstić information content (AvgIpc) is 2.95. The van der Waals surface area contributed by atoms with Crippen molar-refractivity contribution in [3.05, 3.63) is 53.1 Å². The van der Waals surface area contributed by atoms with Gasteiger partial charge in [-0.05, 0) is 75.9 Å². The first-order valence-corrected chi connectivity index (χ1v) is 9.19. The minimum absolute atomic E-state index is 0.665. The van der Waals surface area contributed by atoms with Crippen molar-refractivity contribution < 1.29 is 4.74 Å². The molecule has 3 aromatic rings. The highest BCUT2D eigenvalue weighted by Gasteiger charge is 2.17. The van der Waals surface area contributed by atoms with Gasteiger partial charge in [-0.15, -0.1) is 0 Å². The summed E-state index contributed by atoms with van der Waals surface area (Å²) in [6.45, 7) is 7.77. The number of unbranched alkanes of at least 4 members (excludes halogenated alkanes) is 1. The number of nitrogens with one attached hydrogen (secondary N) is 1. The lowest BCUT2D eigenvalue weighted by atomic mass is 9.98. The molecule has 25 heavy (non-hydrogen) atoms. The molecule has 0 saturated carbocycles. The Morgan fingerprint density at radius 1 is 1.08 bits per heavy atom. The Morgan fingerprint density at radius 2 is 1.88 bits per heavy atom. The molecule has 0 fully saturated rings. The zero-order valence-electron chi connectivity index (χ0n) is 15.5. The minimum atomic E-state index is 0.665. The van der Waals surface area contributed by atoms with Crippen molar-refractivity contribution in [1.82, 2.24) is 4.98 Å². The number of hydrogen-bond donors (Lipinski definition) is 2. The van der Waals surface area contributed by atoms with Gasteiger partial charge in [0.1, 0.15) is 5.75 Å². The van der Waals surface area contributed by atoms with Crippen LogP contribution in [0.25, 0.3) is 22.2 Å². The fourth-order valence-corrected chi connectivity index (χ4v) is 3.60. The summed E-state index contributed by atoms with van der Waals surface area (Å²) in [6, 6.07) is 12.8. The van der Waals surface area contributed by atoms with E-state index in [1.54, 1.807) is 0 Å². The maximum Gasteiger partial charge on any atom is 0.128 e. The fourth-order valence-electron chi connectivity index (χ4n) is 3.60. The van der Waals surface area contributed by atoms with Gasteiger partial charge in [-0.25, -0.2) is 0 Å². The first kappa shape index (κ1) is 17.6. The number of H-pyrrole nitrogens is 1. The summed E-state index contributed by atoms with van der Waals surface area (Å²) in [7, 11) is 0. The first-order chi connectivity index (χ1) is 12.2. The monoisotopic (exact) mass is 336 g/mol. The number of aromatic amines is 1.